The predicted octanol–water partition coefficient (Wildman–Crippen LogP) is 6.03. The van der Waals surface area contributed by atoms with Gasteiger partial charge >= 0.3 is 0 Å². The third kappa shape index (κ3) is 3.61. The normalized spacial score (nSPS) is 11.2. The summed E-state index contributed by atoms with van der Waals surface area (Å²) in [5.74, 6) is 3.33. The Balaban J connectivity index is 1.63. The molecule has 0 atom stereocenters. The number of aryl methyl sites for hydroxylation is 1. The van der Waals surface area contributed by atoms with E-state index in [0.29, 0.717) is 12.3 Å². The fraction of sp³-hybridized carbons (Fsp3) is 0.261. The molecule has 4 aromatic rings. The Morgan fingerprint density at radius 2 is 1.81 bits per heavy atom. The van der Waals surface area contributed by atoms with Crippen molar-refractivity contribution in [1.82, 2.24) is 4.98 Å². The number of furan rings is 1. The van der Waals surface area contributed by atoms with Crippen LogP contribution in [0, 0.1) is 0 Å². The molecule has 0 bridgehead atoms. The fourth-order valence-corrected chi connectivity index (χ4v) is 3.31. The summed E-state index contributed by atoms with van der Waals surface area (Å²) in [5.41, 5.74) is 3.10. The minimum absolute atomic E-state index is 0.631. The first-order chi connectivity index (χ1) is 13.3. The standard InChI is InChI=1S/C23H23NO3/c1-3-4-8-21-19(18-7-5-6-9-20(18)26-21)14-23-24-15-22(27-23)16-10-12-17(25-2)13-11-16/h5-7,9-13,15H,3-4,8,14H2,1-2H3. The zero-order valence-electron chi connectivity index (χ0n) is 15.7. The molecule has 0 aliphatic carbocycles. The Morgan fingerprint density at radius 1 is 1.00 bits per heavy atom. The van der Waals surface area contributed by atoms with E-state index in [9.17, 15) is 0 Å². The summed E-state index contributed by atoms with van der Waals surface area (Å²) in [6, 6.07) is 16.0. The molecule has 0 aliphatic rings. The Hall–Kier alpha value is -3.01. The average molecular weight is 361 g/mol. The molecule has 0 radical (unpaired) electrons. The minimum Gasteiger partial charge on any atom is -0.497 e. The molecule has 0 aliphatic heterocycles. The number of aromatic nitrogens is 1. The van der Waals surface area contributed by atoms with Crippen molar-refractivity contribution in [1.29, 1.82) is 0 Å². The highest BCUT2D eigenvalue weighted by atomic mass is 16.5. The Morgan fingerprint density at radius 3 is 2.59 bits per heavy atom. The molecular formula is C23H23NO3. The second-order valence-corrected chi connectivity index (χ2v) is 6.63. The summed E-state index contributed by atoms with van der Waals surface area (Å²) in [6.07, 6.45) is 5.59. The molecule has 2 heterocycles. The van der Waals surface area contributed by atoms with Gasteiger partial charge in [0.15, 0.2) is 11.7 Å². The van der Waals surface area contributed by atoms with Crippen molar-refractivity contribution in [2.24, 2.45) is 0 Å². The van der Waals surface area contributed by atoms with Crippen molar-refractivity contribution in [3.8, 4) is 17.1 Å². The number of fused-ring (bicyclic) bond motifs is 1. The van der Waals surface area contributed by atoms with Crippen molar-refractivity contribution >= 4 is 11.0 Å². The average Bonchev–Trinajstić information content (AvgIpc) is 3.32. The molecule has 4 heteroatoms. The summed E-state index contributed by atoms with van der Waals surface area (Å²) < 4.78 is 17.3. The van der Waals surface area contributed by atoms with E-state index >= 15 is 0 Å². The van der Waals surface area contributed by atoms with Crippen LogP contribution in [0.15, 0.2) is 63.6 Å². The Labute approximate surface area is 158 Å². The lowest BCUT2D eigenvalue weighted by atomic mass is 10.0. The highest BCUT2D eigenvalue weighted by Gasteiger charge is 2.17. The van der Waals surface area contributed by atoms with Gasteiger partial charge in [0.2, 0.25) is 0 Å². The van der Waals surface area contributed by atoms with E-state index in [-0.39, 0.29) is 0 Å². The summed E-state index contributed by atoms with van der Waals surface area (Å²) in [7, 11) is 1.66. The Bertz CT molecular complexity index is 1030. The number of unbranched alkanes of at least 4 members (excludes halogenated alkanes) is 1. The van der Waals surface area contributed by atoms with Crippen LogP contribution in [0.3, 0.4) is 0 Å². The zero-order valence-corrected chi connectivity index (χ0v) is 15.7. The number of rotatable bonds is 7. The molecule has 0 amide bonds. The summed E-state index contributed by atoms with van der Waals surface area (Å²) in [4.78, 5) is 4.50. The lowest BCUT2D eigenvalue weighted by Gasteiger charge is -2.01. The van der Waals surface area contributed by atoms with E-state index in [4.69, 9.17) is 13.6 Å². The van der Waals surface area contributed by atoms with Gasteiger partial charge in [0.25, 0.3) is 0 Å². The third-order valence-corrected chi connectivity index (χ3v) is 4.80. The van der Waals surface area contributed by atoms with Gasteiger partial charge in [-0.3, -0.25) is 0 Å². The molecule has 0 N–H and O–H groups in total. The summed E-state index contributed by atoms with van der Waals surface area (Å²) >= 11 is 0. The van der Waals surface area contributed by atoms with Gasteiger partial charge in [-0.1, -0.05) is 31.5 Å². The maximum absolute atomic E-state index is 6.11. The van der Waals surface area contributed by atoms with Gasteiger partial charge in [-0.05, 0) is 36.8 Å². The van der Waals surface area contributed by atoms with Gasteiger partial charge in [0.1, 0.15) is 17.1 Å². The van der Waals surface area contributed by atoms with Crippen LogP contribution in [0.2, 0.25) is 0 Å². The molecule has 138 valence electrons. The van der Waals surface area contributed by atoms with Crippen molar-refractivity contribution in [3.63, 3.8) is 0 Å². The molecule has 4 nitrogen and oxygen atoms in total. The fourth-order valence-electron chi connectivity index (χ4n) is 3.31. The van der Waals surface area contributed by atoms with Crippen LogP contribution in [0.1, 0.15) is 37.0 Å². The molecule has 0 saturated heterocycles. The first-order valence-electron chi connectivity index (χ1n) is 9.37. The van der Waals surface area contributed by atoms with Gasteiger partial charge in [-0.15, -0.1) is 0 Å². The monoisotopic (exact) mass is 361 g/mol. The highest BCUT2D eigenvalue weighted by molar-refractivity contribution is 5.82. The molecule has 2 aromatic heterocycles. The number of hydrogen-bond donors (Lipinski definition) is 0. The molecule has 4 rings (SSSR count). The summed E-state index contributed by atoms with van der Waals surface area (Å²) in [6.45, 7) is 2.19. The highest BCUT2D eigenvalue weighted by Crippen LogP contribution is 2.30. The molecule has 2 aromatic carbocycles. The summed E-state index contributed by atoms with van der Waals surface area (Å²) in [5, 5.41) is 1.15. The van der Waals surface area contributed by atoms with E-state index in [1.54, 1.807) is 13.3 Å². The smallest absolute Gasteiger partial charge is 0.199 e. The first kappa shape index (κ1) is 17.4. The van der Waals surface area contributed by atoms with Crippen LogP contribution < -0.4 is 4.74 Å². The number of oxazole rings is 1. The van der Waals surface area contributed by atoms with Crippen molar-refractivity contribution < 1.29 is 13.6 Å². The lowest BCUT2D eigenvalue weighted by molar-refractivity contribution is 0.415. The van der Waals surface area contributed by atoms with E-state index in [1.165, 1.54) is 5.56 Å². The first-order valence-corrected chi connectivity index (χ1v) is 9.37. The molecule has 27 heavy (non-hydrogen) atoms. The maximum atomic E-state index is 6.11. The van der Waals surface area contributed by atoms with Crippen LogP contribution >= 0.6 is 0 Å². The largest absolute Gasteiger partial charge is 0.497 e. The molecular weight excluding hydrogens is 338 g/mol. The quantitative estimate of drug-likeness (QED) is 0.403. The van der Waals surface area contributed by atoms with E-state index < -0.39 is 0 Å². The van der Waals surface area contributed by atoms with Crippen LogP contribution in [0.4, 0.5) is 0 Å². The molecule has 0 saturated carbocycles. The number of methoxy groups -OCH3 is 1. The SMILES string of the molecule is CCCCc1oc2ccccc2c1Cc1ncc(-c2ccc(OC)cc2)o1. The number of nitrogens with zero attached hydrogens (tertiary/aromatic N) is 1. The molecule has 0 unspecified atom stereocenters. The second-order valence-electron chi connectivity index (χ2n) is 6.63. The van der Waals surface area contributed by atoms with Crippen molar-refractivity contribution in [2.75, 3.05) is 7.11 Å². The van der Waals surface area contributed by atoms with Crippen LogP contribution in [0.25, 0.3) is 22.3 Å². The molecule has 0 fully saturated rings. The number of benzene rings is 2. The van der Waals surface area contributed by atoms with Gasteiger partial charge < -0.3 is 13.6 Å². The maximum Gasteiger partial charge on any atom is 0.199 e. The Kier molecular flexibility index (Phi) is 4.97. The predicted molar refractivity (Wildman–Crippen MR) is 106 cm³/mol. The number of para-hydroxylation sites is 1. The third-order valence-electron chi connectivity index (χ3n) is 4.80. The van der Waals surface area contributed by atoms with Crippen molar-refractivity contribution in [2.45, 2.75) is 32.6 Å². The number of ether oxygens (including phenoxy) is 1. The second kappa shape index (κ2) is 7.70. The van der Waals surface area contributed by atoms with E-state index in [2.05, 4.69) is 18.0 Å². The molecule has 0 spiro atoms. The van der Waals surface area contributed by atoms with Crippen LogP contribution in [-0.2, 0) is 12.8 Å². The van der Waals surface area contributed by atoms with E-state index in [1.807, 2.05) is 42.5 Å². The van der Waals surface area contributed by atoms with Crippen LogP contribution in [-0.4, -0.2) is 12.1 Å². The van der Waals surface area contributed by atoms with E-state index in [0.717, 1.165) is 53.1 Å². The van der Waals surface area contributed by atoms with Crippen LogP contribution in [0.5, 0.6) is 5.75 Å². The van der Waals surface area contributed by atoms with Crippen molar-refractivity contribution in [3.05, 3.63) is 71.9 Å². The lowest BCUT2D eigenvalue weighted by Crippen LogP contribution is -1.93. The van der Waals surface area contributed by atoms with Gasteiger partial charge in [0.05, 0.1) is 19.7 Å². The topological polar surface area (TPSA) is 48.4 Å². The van der Waals surface area contributed by atoms with Gasteiger partial charge in [-0.2, -0.15) is 0 Å². The zero-order chi connectivity index (χ0) is 18.6. The minimum atomic E-state index is 0.631. The number of hydrogen-bond acceptors (Lipinski definition) is 4. The van der Waals surface area contributed by atoms with Gasteiger partial charge in [-0.25, -0.2) is 4.98 Å². The van der Waals surface area contributed by atoms with Gasteiger partial charge in [0, 0.05) is 22.9 Å².